The predicted octanol–water partition coefficient (Wildman–Crippen LogP) is 11.7. The molecule has 0 N–H and O–H groups in total. The van der Waals surface area contributed by atoms with Crippen LogP contribution in [-0.2, 0) is 0 Å². The van der Waals surface area contributed by atoms with E-state index in [0.717, 1.165) is 28.2 Å². The lowest BCUT2D eigenvalue weighted by Gasteiger charge is -2.08. The van der Waals surface area contributed by atoms with E-state index in [9.17, 15) is 0 Å². The van der Waals surface area contributed by atoms with E-state index in [0.29, 0.717) is 0 Å². The van der Waals surface area contributed by atoms with Gasteiger partial charge in [0.1, 0.15) is 11.5 Å². The van der Waals surface area contributed by atoms with Crippen LogP contribution in [0.1, 0.15) is 51.4 Å². The quantitative estimate of drug-likeness (QED) is 0.137. The molecular formula is C38H40I2O2. The third-order valence-electron chi connectivity index (χ3n) is 6.44. The Morgan fingerprint density at radius 1 is 0.548 bits per heavy atom. The van der Waals surface area contributed by atoms with Gasteiger partial charge >= 0.3 is 0 Å². The maximum Gasteiger partial charge on any atom is 0.133 e. The van der Waals surface area contributed by atoms with E-state index >= 15 is 0 Å². The van der Waals surface area contributed by atoms with Gasteiger partial charge in [0.25, 0.3) is 0 Å². The average molecular weight is 783 g/mol. The van der Waals surface area contributed by atoms with E-state index in [2.05, 4.69) is 146 Å². The van der Waals surface area contributed by atoms with Crippen molar-refractivity contribution in [3.63, 3.8) is 0 Å². The van der Waals surface area contributed by atoms with Crippen molar-refractivity contribution in [1.82, 2.24) is 0 Å². The molecule has 0 saturated heterocycles. The van der Waals surface area contributed by atoms with E-state index in [-0.39, 0.29) is 0 Å². The van der Waals surface area contributed by atoms with Gasteiger partial charge in [0, 0.05) is 9.13 Å². The van der Waals surface area contributed by atoms with Gasteiger partial charge in [-0.25, -0.2) is 0 Å². The van der Waals surface area contributed by atoms with E-state index in [1.54, 1.807) is 14.2 Å². The normalized spacial score (nSPS) is 10.4. The summed E-state index contributed by atoms with van der Waals surface area (Å²) in [7, 11) is 3.41. The Morgan fingerprint density at radius 2 is 1.02 bits per heavy atom. The van der Waals surface area contributed by atoms with Crippen LogP contribution in [0.5, 0.6) is 11.5 Å². The number of benzene rings is 4. The third-order valence-corrected chi connectivity index (χ3v) is 8.44. The average Bonchev–Trinajstić information content (AvgIpc) is 3.01. The molecule has 0 saturated carbocycles. The van der Waals surface area contributed by atoms with Gasteiger partial charge in [0.15, 0.2) is 0 Å². The predicted molar refractivity (Wildman–Crippen MR) is 202 cm³/mol. The topological polar surface area (TPSA) is 18.5 Å². The first-order valence-corrected chi connectivity index (χ1v) is 15.7. The SMILES string of the molecule is C/C=C/c1ccc(/C=C/c2cc(C)c(C)cc2OC)cc1.C=Cc1ccc(C=C)cc1.COc1cc(I)c(C)cc1I. The van der Waals surface area contributed by atoms with E-state index in [1.807, 2.05) is 49.4 Å². The van der Waals surface area contributed by atoms with Gasteiger partial charge < -0.3 is 9.47 Å². The van der Waals surface area contributed by atoms with Gasteiger partial charge in [0.05, 0.1) is 17.8 Å². The summed E-state index contributed by atoms with van der Waals surface area (Å²) in [6, 6.07) is 25.0. The molecule has 0 amide bonds. The lowest BCUT2D eigenvalue weighted by atomic mass is 10.0. The summed E-state index contributed by atoms with van der Waals surface area (Å²) in [4.78, 5) is 0. The molecule has 0 spiro atoms. The van der Waals surface area contributed by atoms with Gasteiger partial charge in [0.2, 0.25) is 0 Å². The fourth-order valence-electron chi connectivity index (χ4n) is 3.77. The number of ether oxygens (including phenoxy) is 2. The lowest BCUT2D eigenvalue weighted by molar-refractivity contribution is 0.411. The van der Waals surface area contributed by atoms with E-state index < -0.39 is 0 Å². The molecule has 218 valence electrons. The molecule has 0 radical (unpaired) electrons. The Hall–Kier alpha value is -3.10. The highest BCUT2D eigenvalue weighted by atomic mass is 127. The molecule has 0 heterocycles. The molecule has 0 atom stereocenters. The molecular weight excluding hydrogens is 742 g/mol. The number of methoxy groups -OCH3 is 2. The number of aryl methyl sites for hydroxylation is 3. The van der Waals surface area contributed by atoms with E-state index in [4.69, 9.17) is 9.47 Å². The van der Waals surface area contributed by atoms with Crippen LogP contribution in [0, 0.1) is 27.9 Å². The smallest absolute Gasteiger partial charge is 0.133 e. The summed E-state index contributed by atoms with van der Waals surface area (Å²) in [5, 5.41) is 0. The third kappa shape index (κ3) is 11.3. The maximum absolute atomic E-state index is 5.46. The molecule has 0 aliphatic carbocycles. The molecule has 4 aromatic rings. The first-order chi connectivity index (χ1) is 20.1. The van der Waals surface area contributed by atoms with Crippen LogP contribution in [0.3, 0.4) is 0 Å². The maximum atomic E-state index is 5.46. The number of allylic oxidation sites excluding steroid dienone is 1. The molecule has 0 aliphatic heterocycles. The Kier molecular flexibility index (Phi) is 15.4. The number of halogens is 2. The molecule has 2 nitrogen and oxygen atoms in total. The highest BCUT2D eigenvalue weighted by Crippen LogP contribution is 2.26. The second-order valence-corrected chi connectivity index (χ2v) is 11.8. The summed E-state index contributed by atoms with van der Waals surface area (Å²) < 4.78 is 13.0. The Balaban J connectivity index is 0.000000246. The zero-order valence-corrected chi connectivity index (χ0v) is 29.7. The van der Waals surface area contributed by atoms with Crippen LogP contribution in [0.4, 0.5) is 0 Å². The van der Waals surface area contributed by atoms with Crippen molar-refractivity contribution in [2.75, 3.05) is 14.2 Å². The van der Waals surface area contributed by atoms with Crippen molar-refractivity contribution in [3.05, 3.63) is 144 Å². The summed E-state index contributed by atoms with van der Waals surface area (Å²) >= 11 is 4.58. The summed E-state index contributed by atoms with van der Waals surface area (Å²) in [6.45, 7) is 15.7. The number of hydrogen-bond acceptors (Lipinski definition) is 2. The highest BCUT2D eigenvalue weighted by Gasteiger charge is 2.03. The summed E-state index contributed by atoms with van der Waals surface area (Å²) in [5.41, 5.74) is 9.63. The van der Waals surface area contributed by atoms with Crippen molar-refractivity contribution in [2.24, 2.45) is 0 Å². The monoisotopic (exact) mass is 782 g/mol. The van der Waals surface area contributed by atoms with Crippen LogP contribution in [0.15, 0.2) is 92.0 Å². The Bertz CT molecular complexity index is 1490. The Labute approximate surface area is 280 Å². The highest BCUT2D eigenvalue weighted by molar-refractivity contribution is 14.1. The van der Waals surface area contributed by atoms with Gasteiger partial charge in [-0.15, -0.1) is 0 Å². The van der Waals surface area contributed by atoms with Crippen LogP contribution in [0.2, 0.25) is 0 Å². The zero-order chi connectivity index (χ0) is 31.1. The van der Waals surface area contributed by atoms with Crippen molar-refractivity contribution >= 4 is 75.6 Å². The minimum Gasteiger partial charge on any atom is -0.496 e. The molecule has 0 aromatic heterocycles. The van der Waals surface area contributed by atoms with Crippen LogP contribution < -0.4 is 9.47 Å². The number of hydrogen-bond donors (Lipinski definition) is 0. The minimum absolute atomic E-state index is 0.917. The fourth-order valence-corrected chi connectivity index (χ4v) is 5.05. The van der Waals surface area contributed by atoms with E-state index in [1.165, 1.54) is 35.0 Å². The molecule has 4 rings (SSSR count). The summed E-state index contributed by atoms with van der Waals surface area (Å²) in [5.74, 6) is 1.88. The van der Waals surface area contributed by atoms with Crippen molar-refractivity contribution < 1.29 is 9.47 Å². The standard InChI is InChI=1S/C20H22O.C10H10.C8H8I2O/c1-5-6-17-7-9-18(10-8-17)11-12-19-13-15(2)16(3)14-20(19)21-4;1-3-9-5-7-10(4-2)8-6-9;1-5-3-7(10)8(11-2)4-6(5)9/h5-14H,1-4H3;3-8H,1-2H2;3-4H,1-2H3/b6-5+,12-11+;;. The minimum atomic E-state index is 0.917. The van der Waals surface area contributed by atoms with Gasteiger partial charge in [-0.1, -0.05) is 98.1 Å². The van der Waals surface area contributed by atoms with Crippen LogP contribution in [0.25, 0.3) is 30.4 Å². The fraction of sp³-hybridized carbons (Fsp3) is 0.158. The van der Waals surface area contributed by atoms with Crippen molar-refractivity contribution in [1.29, 1.82) is 0 Å². The lowest BCUT2D eigenvalue weighted by Crippen LogP contribution is -1.90. The molecule has 4 aromatic carbocycles. The van der Waals surface area contributed by atoms with Crippen LogP contribution in [-0.4, -0.2) is 14.2 Å². The first-order valence-electron chi connectivity index (χ1n) is 13.6. The molecule has 4 heteroatoms. The summed E-state index contributed by atoms with van der Waals surface area (Å²) in [6.07, 6.45) is 12.0. The van der Waals surface area contributed by atoms with Crippen LogP contribution >= 0.6 is 45.2 Å². The second kappa shape index (κ2) is 18.4. The molecule has 0 fully saturated rings. The second-order valence-electron chi connectivity index (χ2n) is 9.49. The molecule has 0 unspecified atom stereocenters. The van der Waals surface area contributed by atoms with Crippen molar-refractivity contribution in [2.45, 2.75) is 27.7 Å². The molecule has 0 aliphatic rings. The van der Waals surface area contributed by atoms with Gasteiger partial charge in [-0.05, 0) is 136 Å². The number of rotatable bonds is 7. The molecule has 42 heavy (non-hydrogen) atoms. The van der Waals surface area contributed by atoms with Crippen molar-refractivity contribution in [3.8, 4) is 11.5 Å². The molecule has 0 bridgehead atoms. The van der Waals surface area contributed by atoms with Gasteiger partial charge in [-0.3, -0.25) is 0 Å². The largest absolute Gasteiger partial charge is 0.496 e. The zero-order valence-electron chi connectivity index (χ0n) is 25.4. The van der Waals surface area contributed by atoms with Gasteiger partial charge in [-0.2, -0.15) is 0 Å². The Morgan fingerprint density at radius 3 is 1.50 bits per heavy atom. The first kappa shape index (κ1) is 35.1.